The van der Waals surface area contributed by atoms with Crippen molar-refractivity contribution in [2.24, 2.45) is 10.9 Å². The Labute approximate surface area is 143 Å². The third-order valence-corrected chi connectivity index (χ3v) is 4.76. The van der Waals surface area contributed by atoms with E-state index in [0.29, 0.717) is 10.8 Å². The molecule has 3 amide bonds. The van der Waals surface area contributed by atoms with Crippen molar-refractivity contribution in [2.45, 2.75) is 38.1 Å². The maximum atomic E-state index is 12.1. The lowest BCUT2D eigenvalue weighted by Crippen LogP contribution is -2.33. The summed E-state index contributed by atoms with van der Waals surface area (Å²) >= 11 is 1.27. The first-order chi connectivity index (χ1) is 11.6. The van der Waals surface area contributed by atoms with Crippen LogP contribution in [-0.2, 0) is 20.8 Å². The zero-order chi connectivity index (χ0) is 16.9. The molecular weight excluding hydrogens is 328 g/mol. The molecule has 7 nitrogen and oxygen atoms in total. The Bertz CT molecular complexity index is 688. The molecule has 1 atom stereocenters. The Kier molecular flexibility index (Phi) is 5.14. The van der Waals surface area contributed by atoms with E-state index in [1.807, 2.05) is 0 Å². The molecule has 1 aromatic heterocycles. The van der Waals surface area contributed by atoms with Crippen LogP contribution in [0, 0.1) is 5.92 Å². The third-order valence-electron chi connectivity index (χ3n) is 3.96. The molecule has 1 aliphatic heterocycles. The smallest absolute Gasteiger partial charge is 0.269 e. The van der Waals surface area contributed by atoms with Gasteiger partial charge in [0.15, 0.2) is 5.13 Å². The van der Waals surface area contributed by atoms with Crippen molar-refractivity contribution in [3.05, 3.63) is 23.2 Å². The zero-order valence-corrected chi connectivity index (χ0v) is 13.8. The summed E-state index contributed by atoms with van der Waals surface area (Å²) in [7, 11) is 0. The standard InChI is InChI=1S/C16H18N4O3S/c21-13-6-5-10(8-17-13)15(23)20-16-19-12(9-24-16)7-14(22)18-11-3-1-2-4-11/h5-6,8-11H,1-4,7H2,(H,18,22)(H,19,20,23). The van der Waals surface area contributed by atoms with Crippen LogP contribution in [0.2, 0.25) is 0 Å². The van der Waals surface area contributed by atoms with E-state index in [0.717, 1.165) is 12.8 Å². The maximum Gasteiger partial charge on any atom is 0.269 e. The number of nitrogens with zero attached hydrogens (tertiary/aromatic N) is 2. The highest BCUT2D eigenvalue weighted by molar-refractivity contribution is 7.13. The highest BCUT2D eigenvalue weighted by Gasteiger charge is 2.20. The number of carbonyl (C=O) groups excluding carboxylic acids is 3. The van der Waals surface area contributed by atoms with Crippen LogP contribution in [0.1, 0.15) is 31.4 Å². The van der Waals surface area contributed by atoms with Gasteiger partial charge >= 0.3 is 0 Å². The molecule has 0 saturated heterocycles. The molecule has 2 N–H and O–H groups in total. The van der Waals surface area contributed by atoms with Gasteiger partial charge in [-0.25, -0.2) is 9.98 Å². The number of aromatic nitrogens is 1. The number of rotatable bonds is 5. The number of hydrogen-bond acceptors (Lipinski definition) is 5. The van der Waals surface area contributed by atoms with Gasteiger partial charge in [-0.2, -0.15) is 0 Å². The average molecular weight is 346 g/mol. The SMILES string of the molecule is O=C1C=CC(C(=O)Nc2nc(CC(=O)NC3CCCC3)cs2)C=N1. The van der Waals surface area contributed by atoms with Gasteiger partial charge in [0.25, 0.3) is 5.91 Å². The van der Waals surface area contributed by atoms with Crippen LogP contribution < -0.4 is 10.6 Å². The number of dihydropyridines is 1. The van der Waals surface area contributed by atoms with Gasteiger partial charge in [-0.05, 0) is 12.8 Å². The summed E-state index contributed by atoms with van der Waals surface area (Å²) in [6.07, 6.45) is 8.71. The Morgan fingerprint density at radius 3 is 2.79 bits per heavy atom. The van der Waals surface area contributed by atoms with Crippen LogP contribution in [0.25, 0.3) is 0 Å². The van der Waals surface area contributed by atoms with Crippen molar-refractivity contribution in [1.29, 1.82) is 0 Å². The van der Waals surface area contributed by atoms with E-state index in [4.69, 9.17) is 0 Å². The number of aliphatic imine (C=N–C) groups is 1. The molecule has 1 saturated carbocycles. The van der Waals surface area contributed by atoms with Gasteiger partial charge < -0.3 is 10.6 Å². The fraction of sp³-hybridized carbons (Fsp3) is 0.438. The van der Waals surface area contributed by atoms with E-state index >= 15 is 0 Å². The Morgan fingerprint density at radius 2 is 2.08 bits per heavy atom. The van der Waals surface area contributed by atoms with E-state index in [9.17, 15) is 14.4 Å². The van der Waals surface area contributed by atoms with Crippen molar-refractivity contribution in [2.75, 3.05) is 5.32 Å². The lowest BCUT2D eigenvalue weighted by Gasteiger charge is -2.10. The number of carbonyl (C=O) groups is 3. The van der Waals surface area contributed by atoms with Crippen LogP contribution >= 0.6 is 11.3 Å². The Hall–Kier alpha value is -2.35. The maximum absolute atomic E-state index is 12.1. The van der Waals surface area contributed by atoms with Gasteiger partial charge in [-0.15, -0.1) is 11.3 Å². The lowest BCUT2D eigenvalue weighted by molar-refractivity contribution is -0.121. The average Bonchev–Trinajstić information content (AvgIpc) is 3.20. The highest BCUT2D eigenvalue weighted by atomic mass is 32.1. The summed E-state index contributed by atoms with van der Waals surface area (Å²) in [6.45, 7) is 0. The first-order valence-electron chi connectivity index (χ1n) is 7.91. The first-order valence-corrected chi connectivity index (χ1v) is 8.79. The van der Waals surface area contributed by atoms with Crippen molar-refractivity contribution in [1.82, 2.24) is 10.3 Å². The van der Waals surface area contributed by atoms with Crippen molar-refractivity contribution >= 4 is 40.4 Å². The molecule has 0 bridgehead atoms. The van der Waals surface area contributed by atoms with Gasteiger partial charge in [0, 0.05) is 23.7 Å². The molecule has 1 aliphatic carbocycles. The molecule has 3 rings (SSSR count). The highest BCUT2D eigenvalue weighted by Crippen LogP contribution is 2.19. The molecule has 126 valence electrons. The molecule has 0 aromatic carbocycles. The van der Waals surface area contributed by atoms with Crippen LogP contribution in [0.5, 0.6) is 0 Å². The Morgan fingerprint density at radius 1 is 1.29 bits per heavy atom. The van der Waals surface area contributed by atoms with Crippen LogP contribution in [-0.4, -0.2) is 35.0 Å². The minimum Gasteiger partial charge on any atom is -0.353 e. The van der Waals surface area contributed by atoms with Crippen molar-refractivity contribution in [3.8, 4) is 0 Å². The summed E-state index contributed by atoms with van der Waals surface area (Å²) in [5.74, 6) is -1.30. The minimum atomic E-state index is -0.583. The van der Waals surface area contributed by atoms with Crippen LogP contribution in [0.3, 0.4) is 0 Å². The molecule has 8 heteroatoms. The number of anilines is 1. The van der Waals surface area contributed by atoms with Crippen LogP contribution in [0.4, 0.5) is 5.13 Å². The monoisotopic (exact) mass is 346 g/mol. The van der Waals surface area contributed by atoms with Gasteiger partial charge in [-0.3, -0.25) is 14.4 Å². The second-order valence-corrected chi connectivity index (χ2v) is 6.72. The normalized spacial score (nSPS) is 20.3. The summed E-state index contributed by atoms with van der Waals surface area (Å²) in [5.41, 5.74) is 0.633. The third kappa shape index (κ3) is 4.35. The van der Waals surface area contributed by atoms with Gasteiger partial charge in [-0.1, -0.05) is 18.9 Å². The van der Waals surface area contributed by atoms with Crippen molar-refractivity contribution in [3.63, 3.8) is 0 Å². The number of hydrogen-bond donors (Lipinski definition) is 2. The summed E-state index contributed by atoms with van der Waals surface area (Å²) < 4.78 is 0. The van der Waals surface area contributed by atoms with E-state index in [1.165, 1.54) is 42.5 Å². The summed E-state index contributed by atoms with van der Waals surface area (Å²) in [6, 6.07) is 0.287. The van der Waals surface area contributed by atoms with Gasteiger partial charge in [0.2, 0.25) is 11.8 Å². The van der Waals surface area contributed by atoms with Crippen molar-refractivity contribution < 1.29 is 14.4 Å². The molecule has 24 heavy (non-hydrogen) atoms. The molecule has 1 aromatic rings. The number of thiazole rings is 1. The van der Waals surface area contributed by atoms with E-state index in [-0.39, 0.29) is 30.2 Å². The quantitative estimate of drug-likeness (QED) is 0.843. The molecule has 0 radical (unpaired) electrons. The predicted octanol–water partition coefficient (Wildman–Crippen LogP) is 1.47. The van der Waals surface area contributed by atoms with Gasteiger partial charge in [0.05, 0.1) is 18.0 Å². The summed E-state index contributed by atoms with van der Waals surface area (Å²) in [5, 5.41) is 7.88. The van der Waals surface area contributed by atoms with E-state index in [1.54, 1.807) is 5.38 Å². The number of amides is 3. The van der Waals surface area contributed by atoms with Crippen LogP contribution in [0.15, 0.2) is 22.5 Å². The lowest BCUT2D eigenvalue weighted by atomic mass is 10.1. The molecule has 1 unspecified atom stereocenters. The van der Waals surface area contributed by atoms with Gasteiger partial charge in [0.1, 0.15) is 0 Å². The predicted molar refractivity (Wildman–Crippen MR) is 91.0 cm³/mol. The Balaban J connectivity index is 1.50. The largest absolute Gasteiger partial charge is 0.353 e. The van der Waals surface area contributed by atoms with E-state index in [2.05, 4.69) is 20.6 Å². The zero-order valence-electron chi connectivity index (χ0n) is 13.0. The second-order valence-electron chi connectivity index (χ2n) is 5.86. The second kappa shape index (κ2) is 7.48. The fourth-order valence-electron chi connectivity index (χ4n) is 2.74. The van der Waals surface area contributed by atoms with E-state index < -0.39 is 5.92 Å². The molecule has 1 fully saturated rings. The molecule has 0 spiro atoms. The summed E-state index contributed by atoms with van der Waals surface area (Å²) in [4.78, 5) is 42.8. The molecular formula is C16H18N4O3S. The number of nitrogens with one attached hydrogen (secondary N) is 2. The fourth-order valence-corrected chi connectivity index (χ4v) is 3.45. The molecule has 2 heterocycles. The first kappa shape index (κ1) is 16.5. The minimum absolute atomic E-state index is 0.0362. The topological polar surface area (TPSA) is 101 Å². The molecule has 2 aliphatic rings.